The van der Waals surface area contributed by atoms with E-state index in [1.807, 2.05) is 32.2 Å². The second-order valence-corrected chi connectivity index (χ2v) is 10.8. The summed E-state index contributed by atoms with van der Waals surface area (Å²) in [6.45, 7) is 7.60. The van der Waals surface area contributed by atoms with Gasteiger partial charge in [0, 0.05) is 30.0 Å². The predicted octanol–water partition coefficient (Wildman–Crippen LogP) is 6.73. The number of hydrogen-bond donors (Lipinski definition) is 0. The van der Waals surface area contributed by atoms with Crippen LogP contribution in [0.15, 0.2) is 89.6 Å². The SMILES string of the molecule is CCN(C)C(=O)c1ccc(OCC2=CCC3(C)C=CC=CC3=N2)cc1C1(c2ccccc2)CC(C)C1. The number of benzene rings is 2. The number of rotatable bonds is 7. The van der Waals surface area contributed by atoms with E-state index in [2.05, 4.69) is 74.5 Å². The van der Waals surface area contributed by atoms with Crippen molar-refractivity contribution in [1.82, 2.24) is 4.90 Å². The molecule has 4 nitrogen and oxygen atoms in total. The van der Waals surface area contributed by atoms with E-state index >= 15 is 0 Å². The Bertz CT molecular complexity index is 1260. The second-order valence-electron chi connectivity index (χ2n) is 10.8. The summed E-state index contributed by atoms with van der Waals surface area (Å²) in [6.07, 6.45) is 13.6. The van der Waals surface area contributed by atoms with Gasteiger partial charge in [0.05, 0.1) is 11.4 Å². The lowest BCUT2D eigenvalue weighted by atomic mass is 9.55. The van der Waals surface area contributed by atoms with Crippen LogP contribution in [0.4, 0.5) is 0 Å². The van der Waals surface area contributed by atoms with Crippen LogP contribution in [-0.2, 0) is 5.41 Å². The minimum Gasteiger partial charge on any atom is -0.487 e. The number of ether oxygens (including phenoxy) is 1. The third kappa shape index (κ3) is 4.34. The highest BCUT2D eigenvalue weighted by Gasteiger charge is 2.47. The summed E-state index contributed by atoms with van der Waals surface area (Å²) in [7, 11) is 1.87. The Hall–Kier alpha value is -3.40. The van der Waals surface area contributed by atoms with Gasteiger partial charge in [0.1, 0.15) is 12.4 Å². The topological polar surface area (TPSA) is 41.9 Å². The normalized spacial score (nSPS) is 26.4. The molecule has 0 N–H and O–H groups in total. The van der Waals surface area contributed by atoms with Gasteiger partial charge in [-0.15, -0.1) is 0 Å². The van der Waals surface area contributed by atoms with Gasteiger partial charge in [0.25, 0.3) is 5.91 Å². The number of amides is 1. The third-order valence-corrected chi connectivity index (χ3v) is 8.11. The molecule has 2 aromatic carbocycles. The maximum Gasteiger partial charge on any atom is 0.253 e. The van der Waals surface area contributed by atoms with Gasteiger partial charge in [-0.05, 0) is 67.5 Å². The molecule has 1 fully saturated rings. The average molecular weight is 481 g/mol. The molecule has 2 aliphatic carbocycles. The van der Waals surface area contributed by atoms with Crippen LogP contribution >= 0.6 is 0 Å². The van der Waals surface area contributed by atoms with E-state index in [-0.39, 0.29) is 16.7 Å². The molecule has 0 aromatic heterocycles. The van der Waals surface area contributed by atoms with Gasteiger partial charge in [-0.2, -0.15) is 0 Å². The van der Waals surface area contributed by atoms with E-state index in [1.54, 1.807) is 4.90 Å². The van der Waals surface area contributed by atoms with Crippen LogP contribution in [0.1, 0.15) is 61.5 Å². The fraction of sp³-hybridized carbons (Fsp3) is 0.375. The minimum atomic E-state index is -0.176. The van der Waals surface area contributed by atoms with Crippen molar-refractivity contribution < 1.29 is 9.53 Å². The molecule has 4 heteroatoms. The molecule has 36 heavy (non-hydrogen) atoms. The molecule has 0 bridgehead atoms. The van der Waals surface area contributed by atoms with Crippen molar-refractivity contribution in [2.24, 2.45) is 16.3 Å². The van der Waals surface area contributed by atoms with Crippen LogP contribution in [0.2, 0.25) is 0 Å². The molecule has 0 radical (unpaired) electrons. The maximum atomic E-state index is 13.4. The van der Waals surface area contributed by atoms with Gasteiger partial charge in [0.15, 0.2) is 0 Å². The van der Waals surface area contributed by atoms with Gasteiger partial charge in [-0.1, -0.05) is 68.5 Å². The van der Waals surface area contributed by atoms with Gasteiger partial charge in [-0.25, -0.2) is 0 Å². The van der Waals surface area contributed by atoms with Gasteiger partial charge < -0.3 is 9.64 Å². The van der Waals surface area contributed by atoms with E-state index in [4.69, 9.17) is 9.73 Å². The van der Waals surface area contributed by atoms with Crippen molar-refractivity contribution in [1.29, 1.82) is 0 Å². The average Bonchev–Trinajstić information content (AvgIpc) is 2.89. The van der Waals surface area contributed by atoms with E-state index in [1.165, 1.54) is 5.56 Å². The molecule has 5 rings (SSSR count). The van der Waals surface area contributed by atoms with Crippen LogP contribution in [-0.4, -0.2) is 36.7 Å². The Balaban J connectivity index is 1.47. The smallest absolute Gasteiger partial charge is 0.253 e. The van der Waals surface area contributed by atoms with Crippen molar-refractivity contribution in [3.05, 3.63) is 101 Å². The molecule has 1 saturated carbocycles. The molecule has 1 aliphatic heterocycles. The first kappa shape index (κ1) is 24.3. The standard InChI is InChI=1S/C32H36N2O2/c1-5-34(4)30(35)27-15-14-26(36-22-25-16-18-31(3)17-10-9-13-29(31)33-25)19-28(27)32(20-23(2)21-32)24-11-7-6-8-12-24/h6-17,19,23H,5,18,20-22H2,1-4H3. The third-order valence-electron chi connectivity index (χ3n) is 8.11. The molecular formula is C32H36N2O2. The van der Waals surface area contributed by atoms with E-state index < -0.39 is 0 Å². The van der Waals surface area contributed by atoms with E-state index in [9.17, 15) is 4.79 Å². The number of nitrogens with zero attached hydrogens (tertiary/aromatic N) is 2. The Kier molecular flexibility index (Phi) is 6.46. The fourth-order valence-corrected chi connectivity index (χ4v) is 5.85. The number of carbonyl (C=O) groups is 1. The summed E-state index contributed by atoms with van der Waals surface area (Å²) >= 11 is 0. The van der Waals surface area contributed by atoms with Crippen molar-refractivity contribution in [2.75, 3.05) is 20.2 Å². The lowest BCUT2D eigenvalue weighted by Gasteiger charge is -2.48. The Morgan fingerprint density at radius 3 is 2.64 bits per heavy atom. The zero-order valence-electron chi connectivity index (χ0n) is 21.8. The number of carbonyl (C=O) groups excluding carboxylic acids is 1. The van der Waals surface area contributed by atoms with Crippen LogP contribution in [0.5, 0.6) is 5.75 Å². The first-order valence-corrected chi connectivity index (χ1v) is 13.1. The molecule has 0 spiro atoms. The van der Waals surface area contributed by atoms with Crippen LogP contribution in [0.3, 0.4) is 0 Å². The van der Waals surface area contributed by atoms with E-state index in [0.717, 1.165) is 47.5 Å². The van der Waals surface area contributed by atoms with Crippen LogP contribution in [0.25, 0.3) is 0 Å². The van der Waals surface area contributed by atoms with Crippen molar-refractivity contribution in [3.8, 4) is 5.75 Å². The number of aliphatic imine (C=N–C) groups is 1. The molecule has 2 aromatic rings. The molecule has 3 aliphatic rings. The quantitative estimate of drug-likeness (QED) is 0.441. The molecule has 1 heterocycles. The lowest BCUT2D eigenvalue weighted by Crippen LogP contribution is -2.43. The van der Waals surface area contributed by atoms with Crippen molar-refractivity contribution >= 4 is 11.6 Å². The van der Waals surface area contributed by atoms with Gasteiger partial charge in [-0.3, -0.25) is 9.79 Å². The van der Waals surface area contributed by atoms with Crippen LogP contribution in [0, 0.1) is 11.3 Å². The summed E-state index contributed by atoms with van der Waals surface area (Å²) in [5.74, 6) is 1.45. The Morgan fingerprint density at radius 2 is 1.92 bits per heavy atom. The molecule has 0 saturated heterocycles. The van der Waals surface area contributed by atoms with E-state index in [0.29, 0.717) is 19.1 Å². The molecule has 1 atom stereocenters. The van der Waals surface area contributed by atoms with Crippen molar-refractivity contribution in [3.63, 3.8) is 0 Å². The molecule has 186 valence electrons. The monoisotopic (exact) mass is 480 g/mol. The first-order chi connectivity index (χ1) is 17.3. The highest BCUT2D eigenvalue weighted by Crippen LogP contribution is 2.53. The second kappa shape index (κ2) is 9.57. The highest BCUT2D eigenvalue weighted by atomic mass is 16.5. The number of fused-ring (bicyclic) bond motifs is 1. The van der Waals surface area contributed by atoms with Crippen LogP contribution < -0.4 is 4.74 Å². The summed E-state index contributed by atoms with van der Waals surface area (Å²) in [5, 5.41) is 0. The molecule has 1 unspecified atom stereocenters. The largest absolute Gasteiger partial charge is 0.487 e. The lowest BCUT2D eigenvalue weighted by molar-refractivity contribution is 0.0796. The highest BCUT2D eigenvalue weighted by molar-refractivity contribution is 6.03. The summed E-state index contributed by atoms with van der Waals surface area (Å²) in [5.41, 5.74) is 4.95. The Morgan fingerprint density at radius 1 is 1.14 bits per heavy atom. The summed E-state index contributed by atoms with van der Waals surface area (Å²) < 4.78 is 6.30. The summed E-state index contributed by atoms with van der Waals surface area (Å²) in [6, 6.07) is 16.6. The Labute approximate surface area is 215 Å². The zero-order chi connectivity index (χ0) is 25.3. The van der Waals surface area contributed by atoms with Gasteiger partial charge in [0.2, 0.25) is 0 Å². The zero-order valence-corrected chi connectivity index (χ0v) is 21.8. The minimum absolute atomic E-state index is 0.0261. The van der Waals surface area contributed by atoms with Crippen molar-refractivity contribution in [2.45, 2.75) is 45.4 Å². The molecular weight excluding hydrogens is 444 g/mol. The van der Waals surface area contributed by atoms with Gasteiger partial charge >= 0.3 is 0 Å². The maximum absolute atomic E-state index is 13.4. The predicted molar refractivity (Wildman–Crippen MR) is 147 cm³/mol. The molecule has 1 amide bonds. The first-order valence-electron chi connectivity index (χ1n) is 13.1. The summed E-state index contributed by atoms with van der Waals surface area (Å²) in [4.78, 5) is 20.1. The number of allylic oxidation sites excluding steroid dienone is 5. The number of hydrogen-bond acceptors (Lipinski definition) is 3. The fourth-order valence-electron chi connectivity index (χ4n) is 5.85.